The van der Waals surface area contributed by atoms with Crippen LogP contribution in [-0.2, 0) is 6.42 Å². The second-order valence-corrected chi connectivity index (χ2v) is 6.81. The number of hydrogen-bond donors (Lipinski definition) is 1. The Morgan fingerprint density at radius 1 is 0.962 bits per heavy atom. The zero-order valence-electron chi connectivity index (χ0n) is 16.0. The molecule has 0 atom stereocenters. The van der Waals surface area contributed by atoms with Crippen molar-refractivity contribution in [2.45, 2.75) is 58.8 Å². The van der Waals surface area contributed by atoms with E-state index in [1.807, 2.05) is 12.1 Å². The monoisotopic (exact) mass is 350 g/mol. The third-order valence-electron chi connectivity index (χ3n) is 4.62. The van der Waals surface area contributed by atoms with Gasteiger partial charge >= 0.3 is 5.97 Å². The van der Waals surface area contributed by atoms with Gasteiger partial charge < -0.3 is 5.11 Å². The zero-order valence-corrected chi connectivity index (χ0v) is 16.0. The fourth-order valence-electron chi connectivity index (χ4n) is 3.08. The van der Waals surface area contributed by atoms with E-state index in [1.165, 1.54) is 31.2 Å². The Bertz CT molecular complexity index is 726. The van der Waals surface area contributed by atoms with Crippen LogP contribution in [0.25, 0.3) is 17.2 Å². The molecule has 0 unspecified atom stereocenters. The first-order valence-corrected chi connectivity index (χ1v) is 9.79. The molecule has 0 saturated carbocycles. The van der Waals surface area contributed by atoms with Gasteiger partial charge in [-0.1, -0.05) is 82.0 Å². The highest BCUT2D eigenvalue weighted by Gasteiger charge is 2.12. The molecule has 26 heavy (non-hydrogen) atoms. The Labute approximate surface area is 157 Å². The molecule has 0 heterocycles. The summed E-state index contributed by atoms with van der Waals surface area (Å²) in [6, 6.07) is 13.9. The second-order valence-electron chi connectivity index (χ2n) is 6.81. The largest absolute Gasteiger partial charge is 0.478 e. The maximum absolute atomic E-state index is 11.6. The summed E-state index contributed by atoms with van der Waals surface area (Å²) in [5, 5.41) is 9.54. The Morgan fingerprint density at radius 2 is 1.73 bits per heavy atom. The first-order valence-electron chi connectivity index (χ1n) is 9.79. The van der Waals surface area contributed by atoms with Crippen molar-refractivity contribution in [3.05, 3.63) is 65.2 Å². The quantitative estimate of drug-likeness (QED) is 0.469. The van der Waals surface area contributed by atoms with Crippen LogP contribution < -0.4 is 0 Å². The third kappa shape index (κ3) is 5.87. The molecule has 0 aliphatic heterocycles. The highest BCUT2D eigenvalue weighted by Crippen LogP contribution is 2.27. The van der Waals surface area contributed by atoms with Gasteiger partial charge in [-0.25, -0.2) is 4.79 Å². The number of unbranched alkanes of at least 4 members (excludes halogenated alkanes) is 4. The third-order valence-corrected chi connectivity index (χ3v) is 4.62. The molecule has 0 aliphatic rings. The number of carboxylic acids is 1. The topological polar surface area (TPSA) is 37.3 Å². The average Bonchev–Trinajstić information content (AvgIpc) is 2.66. The highest BCUT2D eigenvalue weighted by atomic mass is 16.4. The van der Waals surface area contributed by atoms with E-state index in [4.69, 9.17) is 0 Å². The molecule has 0 spiro atoms. The van der Waals surface area contributed by atoms with Gasteiger partial charge in [0.15, 0.2) is 0 Å². The highest BCUT2D eigenvalue weighted by molar-refractivity contribution is 5.96. The summed E-state index contributed by atoms with van der Waals surface area (Å²) in [4.78, 5) is 11.6. The SMILES string of the molecule is CCC/C=C/c1ccc(C(=O)O)c(-c2ccc(CCCCCC)cc2)c1. The fraction of sp³-hybridized carbons (Fsp3) is 0.375. The smallest absolute Gasteiger partial charge is 0.336 e. The van der Waals surface area contributed by atoms with Crippen LogP contribution >= 0.6 is 0 Å². The molecule has 0 bridgehead atoms. The fourth-order valence-corrected chi connectivity index (χ4v) is 3.08. The Kier molecular flexibility index (Phi) is 8.14. The summed E-state index contributed by atoms with van der Waals surface area (Å²) in [7, 11) is 0. The lowest BCUT2D eigenvalue weighted by Gasteiger charge is -2.09. The van der Waals surface area contributed by atoms with E-state index in [-0.39, 0.29) is 0 Å². The van der Waals surface area contributed by atoms with E-state index in [0.29, 0.717) is 5.56 Å². The van der Waals surface area contributed by atoms with E-state index in [9.17, 15) is 9.90 Å². The molecule has 2 nitrogen and oxygen atoms in total. The maximum Gasteiger partial charge on any atom is 0.336 e. The molecule has 0 aliphatic carbocycles. The van der Waals surface area contributed by atoms with E-state index >= 15 is 0 Å². The standard InChI is InChI=1S/C24H30O2/c1-3-5-7-9-10-19-12-15-21(16-13-19)23-18-20(11-8-6-4-2)14-17-22(23)24(25)26/h8,11-18H,3-7,9-10H2,1-2H3,(H,25,26)/b11-8+. The van der Waals surface area contributed by atoms with Crippen LogP contribution in [0.2, 0.25) is 0 Å². The number of carboxylic acid groups (broad SMARTS) is 1. The van der Waals surface area contributed by atoms with Gasteiger partial charge in [0.2, 0.25) is 0 Å². The van der Waals surface area contributed by atoms with Gasteiger partial charge in [0, 0.05) is 0 Å². The molecule has 2 heteroatoms. The summed E-state index contributed by atoms with van der Waals surface area (Å²) in [6.45, 7) is 4.37. The first kappa shape index (κ1) is 20.0. The molecule has 0 fully saturated rings. The van der Waals surface area contributed by atoms with Crippen LogP contribution in [0.1, 0.15) is 73.9 Å². The number of benzene rings is 2. The number of aromatic carboxylic acids is 1. The molecule has 0 aromatic heterocycles. The van der Waals surface area contributed by atoms with Crippen LogP contribution in [0.15, 0.2) is 48.5 Å². The van der Waals surface area contributed by atoms with Crippen molar-refractivity contribution in [2.24, 2.45) is 0 Å². The minimum Gasteiger partial charge on any atom is -0.478 e. The number of carbonyl (C=O) groups is 1. The molecule has 0 radical (unpaired) electrons. The van der Waals surface area contributed by atoms with Crippen molar-refractivity contribution >= 4 is 12.0 Å². The Hall–Kier alpha value is -2.35. The number of rotatable bonds is 10. The molecular formula is C24H30O2. The molecule has 0 amide bonds. The van der Waals surface area contributed by atoms with E-state index in [0.717, 1.165) is 36.0 Å². The number of aryl methyl sites for hydroxylation is 1. The lowest BCUT2D eigenvalue weighted by Crippen LogP contribution is -2.00. The molecule has 2 aromatic rings. The van der Waals surface area contributed by atoms with Gasteiger partial charge in [-0.15, -0.1) is 0 Å². The van der Waals surface area contributed by atoms with Gasteiger partial charge in [0.25, 0.3) is 0 Å². The second kappa shape index (κ2) is 10.6. The molecule has 0 saturated heterocycles. The van der Waals surface area contributed by atoms with Crippen molar-refractivity contribution in [2.75, 3.05) is 0 Å². The van der Waals surface area contributed by atoms with Crippen molar-refractivity contribution in [1.82, 2.24) is 0 Å². The van der Waals surface area contributed by atoms with Gasteiger partial charge in [-0.3, -0.25) is 0 Å². The average molecular weight is 351 g/mol. The minimum atomic E-state index is -0.882. The molecule has 2 aromatic carbocycles. The van der Waals surface area contributed by atoms with Crippen molar-refractivity contribution in [3.8, 4) is 11.1 Å². The van der Waals surface area contributed by atoms with E-state index in [1.54, 1.807) is 6.07 Å². The van der Waals surface area contributed by atoms with Crippen LogP contribution in [-0.4, -0.2) is 11.1 Å². The predicted molar refractivity (Wildman–Crippen MR) is 111 cm³/mol. The first-order chi connectivity index (χ1) is 12.7. The lowest BCUT2D eigenvalue weighted by atomic mass is 9.95. The van der Waals surface area contributed by atoms with Crippen molar-refractivity contribution in [3.63, 3.8) is 0 Å². The van der Waals surface area contributed by atoms with Crippen molar-refractivity contribution in [1.29, 1.82) is 0 Å². The van der Waals surface area contributed by atoms with Gasteiger partial charge in [-0.05, 0) is 53.6 Å². The van der Waals surface area contributed by atoms with E-state index in [2.05, 4.69) is 50.3 Å². The Balaban J connectivity index is 2.21. The molecule has 138 valence electrons. The van der Waals surface area contributed by atoms with Crippen LogP contribution in [0.5, 0.6) is 0 Å². The summed E-state index contributed by atoms with van der Waals surface area (Å²) < 4.78 is 0. The summed E-state index contributed by atoms with van der Waals surface area (Å²) in [5.41, 5.74) is 4.47. The zero-order chi connectivity index (χ0) is 18.8. The van der Waals surface area contributed by atoms with E-state index < -0.39 is 5.97 Å². The Morgan fingerprint density at radius 3 is 2.38 bits per heavy atom. The number of allylic oxidation sites excluding steroid dienone is 1. The van der Waals surface area contributed by atoms with Gasteiger partial charge in [0.05, 0.1) is 5.56 Å². The van der Waals surface area contributed by atoms with Crippen molar-refractivity contribution < 1.29 is 9.90 Å². The normalized spacial score (nSPS) is 11.2. The summed E-state index contributed by atoms with van der Waals surface area (Å²) in [6.07, 6.45) is 12.5. The molecule has 2 rings (SSSR count). The maximum atomic E-state index is 11.6. The summed E-state index contributed by atoms with van der Waals surface area (Å²) in [5.74, 6) is -0.882. The minimum absolute atomic E-state index is 0.355. The lowest BCUT2D eigenvalue weighted by molar-refractivity contribution is 0.0697. The van der Waals surface area contributed by atoms with Gasteiger partial charge in [0.1, 0.15) is 0 Å². The van der Waals surface area contributed by atoms with Gasteiger partial charge in [-0.2, -0.15) is 0 Å². The number of hydrogen-bond acceptors (Lipinski definition) is 1. The van der Waals surface area contributed by atoms with Crippen LogP contribution in [0, 0.1) is 0 Å². The van der Waals surface area contributed by atoms with Crippen LogP contribution in [0.3, 0.4) is 0 Å². The molecule has 1 N–H and O–H groups in total. The predicted octanol–water partition coefficient (Wildman–Crippen LogP) is 6.99. The van der Waals surface area contributed by atoms with Crippen LogP contribution in [0.4, 0.5) is 0 Å². The molecular weight excluding hydrogens is 320 g/mol. The summed E-state index contributed by atoms with van der Waals surface area (Å²) >= 11 is 0.